The first-order valence-electron chi connectivity index (χ1n) is 9.43. The lowest BCUT2D eigenvalue weighted by molar-refractivity contribution is -0.121. The normalized spacial score (nSPS) is 11.9. The number of nitrogens with zero attached hydrogens (tertiary/aromatic N) is 1. The molecular weight excluding hydrogens is 320 g/mol. The fourth-order valence-electron chi connectivity index (χ4n) is 2.63. The van der Waals surface area contributed by atoms with E-state index in [1.807, 2.05) is 30.3 Å². The third kappa shape index (κ3) is 10.5. The molecule has 1 amide bonds. The fourth-order valence-corrected chi connectivity index (χ4v) is 2.84. The lowest BCUT2D eigenvalue weighted by Crippen LogP contribution is -2.35. The number of rotatable bonds is 14. The molecule has 0 fully saturated rings. The van der Waals surface area contributed by atoms with Gasteiger partial charge in [0.25, 0.3) is 5.91 Å². The van der Waals surface area contributed by atoms with E-state index in [2.05, 4.69) is 17.8 Å². The van der Waals surface area contributed by atoms with Gasteiger partial charge in [-0.15, -0.1) is 11.6 Å². The van der Waals surface area contributed by atoms with Crippen LogP contribution in [0.1, 0.15) is 77.6 Å². The molecule has 4 heteroatoms. The number of benzene rings is 1. The zero-order chi connectivity index (χ0) is 17.5. The van der Waals surface area contributed by atoms with Gasteiger partial charge in [-0.25, -0.2) is 5.43 Å². The van der Waals surface area contributed by atoms with Crippen molar-refractivity contribution < 1.29 is 4.79 Å². The van der Waals surface area contributed by atoms with Crippen molar-refractivity contribution in [1.82, 2.24) is 10.9 Å². The van der Waals surface area contributed by atoms with E-state index in [-0.39, 0.29) is 5.91 Å². The van der Waals surface area contributed by atoms with E-state index in [0.717, 1.165) is 18.5 Å². The van der Waals surface area contributed by atoms with Crippen LogP contribution >= 0.6 is 11.6 Å². The number of hydrogen-bond donors (Lipinski definition) is 1. The Morgan fingerprint density at radius 3 is 2.08 bits per heavy atom. The molecule has 0 bridgehead atoms. The minimum atomic E-state index is -0.494. The summed E-state index contributed by atoms with van der Waals surface area (Å²) >= 11 is 6.14. The summed E-state index contributed by atoms with van der Waals surface area (Å²) in [5.41, 5.74) is 7.31. The van der Waals surface area contributed by atoms with Gasteiger partial charge in [0.2, 0.25) is 0 Å². The molecule has 1 aromatic rings. The van der Waals surface area contributed by atoms with Gasteiger partial charge in [-0.3, -0.25) is 4.79 Å². The highest BCUT2D eigenvalue weighted by Gasteiger charge is 2.14. The molecule has 0 spiro atoms. The number of nitrogens with one attached hydrogen (secondary N) is 1. The van der Waals surface area contributed by atoms with Crippen LogP contribution in [0.4, 0.5) is 5.69 Å². The first-order valence-corrected chi connectivity index (χ1v) is 9.87. The van der Waals surface area contributed by atoms with E-state index in [0.29, 0.717) is 6.42 Å². The van der Waals surface area contributed by atoms with Crippen molar-refractivity contribution in [2.75, 3.05) is 0 Å². The number of hydrogen-bond acceptors (Lipinski definition) is 1. The van der Waals surface area contributed by atoms with E-state index in [1.165, 1.54) is 51.4 Å². The van der Waals surface area contributed by atoms with Crippen LogP contribution in [-0.2, 0) is 4.79 Å². The lowest BCUT2D eigenvalue weighted by atomic mass is 10.1. The Labute approximate surface area is 152 Å². The van der Waals surface area contributed by atoms with Gasteiger partial charge in [0.15, 0.2) is 0 Å². The van der Waals surface area contributed by atoms with Crippen molar-refractivity contribution in [3.63, 3.8) is 0 Å². The van der Waals surface area contributed by atoms with Crippen LogP contribution in [-0.4, -0.2) is 11.3 Å². The van der Waals surface area contributed by atoms with Gasteiger partial charge in [0, 0.05) is 0 Å². The number of unbranched alkanes of at least 4 members (excludes halogenated alkanes) is 9. The van der Waals surface area contributed by atoms with Crippen LogP contribution in [0.2, 0.25) is 0 Å². The number of amides is 1. The van der Waals surface area contributed by atoms with Gasteiger partial charge in [0.05, 0.1) is 5.69 Å². The standard InChI is InChI=1S/C20H32ClN2O/c1-2-3-4-5-6-7-8-9-10-14-17-19(21)20(24)23-22-18-15-12-11-13-16-18/h11-13,15-16,19H,2-10,14,17H2,1H3,(H,23,24). The highest BCUT2D eigenvalue weighted by atomic mass is 35.5. The molecule has 1 rings (SSSR count). The third-order valence-corrected chi connectivity index (χ3v) is 4.56. The number of para-hydroxylation sites is 1. The molecule has 1 aromatic carbocycles. The summed E-state index contributed by atoms with van der Waals surface area (Å²) < 4.78 is 0. The largest absolute Gasteiger partial charge is 0.271 e. The Morgan fingerprint density at radius 2 is 1.50 bits per heavy atom. The van der Waals surface area contributed by atoms with Crippen molar-refractivity contribution in [1.29, 1.82) is 0 Å². The fraction of sp³-hybridized carbons (Fsp3) is 0.650. The predicted octanol–water partition coefficient (Wildman–Crippen LogP) is 5.87. The van der Waals surface area contributed by atoms with E-state index >= 15 is 0 Å². The van der Waals surface area contributed by atoms with Crippen molar-refractivity contribution in [2.24, 2.45) is 0 Å². The molecule has 1 radical (unpaired) electrons. The maximum atomic E-state index is 11.9. The van der Waals surface area contributed by atoms with Crippen molar-refractivity contribution >= 4 is 23.2 Å². The Hall–Kier alpha value is -1.22. The second-order valence-corrected chi connectivity index (χ2v) is 6.89. The maximum absolute atomic E-state index is 11.9. The van der Waals surface area contributed by atoms with Crippen LogP contribution in [0.3, 0.4) is 0 Å². The molecular formula is C20H32ClN2O. The smallest absolute Gasteiger partial charge is 0.258 e. The predicted molar refractivity (Wildman–Crippen MR) is 102 cm³/mol. The highest BCUT2D eigenvalue weighted by molar-refractivity contribution is 6.30. The molecule has 0 saturated carbocycles. The molecule has 0 aliphatic rings. The molecule has 0 aliphatic carbocycles. The summed E-state index contributed by atoms with van der Waals surface area (Å²) in [5.74, 6) is -0.212. The van der Waals surface area contributed by atoms with E-state index in [9.17, 15) is 4.79 Å². The van der Waals surface area contributed by atoms with Gasteiger partial charge in [-0.2, -0.15) is 5.43 Å². The Balaban J connectivity index is 1.95. The first kappa shape index (κ1) is 20.8. The van der Waals surface area contributed by atoms with Gasteiger partial charge in [0.1, 0.15) is 5.38 Å². The SMILES string of the molecule is CCCCCCCCCCCCC(Cl)C(=O)N[N]c1ccccc1. The summed E-state index contributed by atoms with van der Waals surface area (Å²) in [6.45, 7) is 2.25. The minimum absolute atomic E-state index is 0.212. The molecule has 1 atom stereocenters. The number of carbonyl (C=O) groups is 1. The monoisotopic (exact) mass is 351 g/mol. The van der Waals surface area contributed by atoms with E-state index in [1.54, 1.807) is 0 Å². The topological polar surface area (TPSA) is 43.2 Å². The average Bonchev–Trinajstić information content (AvgIpc) is 2.62. The lowest BCUT2D eigenvalue weighted by Gasteiger charge is -2.10. The third-order valence-electron chi connectivity index (χ3n) is 4.15. The maximum Gasteiger partial charge on any atom is 0.258 e. The minimum Gasteiger partial charge on any atom is -0.271 e. The van der Waals surface area contributed by atoms with Crippen LogP contribution in [0.15, 0.2) is 30.3 Å². The first-order chi connectivity index (χ1) is 11.7. The molecule has 1 N–H and O–H groups in total. The molecule has 0 saturated heterocycles. The number of halogens is 1. The van der Waals surface area contributed by atoms with E-state index < -0.39 is 5.38 Å². The van der Waals surface area contributed by atoms with Crippen molar-refractivity contribution in [2.45, 2.75) is 82.9 Å². The highest BCUT2D eigenvalue weighted by Crippen LogP contribution is 2.14. The van der Waals surface area contributed by atoms with Crippen LogP contribution in [0.5, 0.6) is 0 Å². The zero-order valence-corrected chi connectivity index (χ0v) is 15.7. The summed E-state index contributed by atoms with van der Waals surface area (Å²) in [7, 11) is 0. The van der Waals surface area contributed by atoms with Gasteiger partial charge >= 0.3 is 0 Å². The second-order valence-electron chi connectivity index (χ2n) is 6.36. The van der Waals surface area contributed by atoms with Gasteiger partial charge < -0.3 is 0 Å². The Kier molecular flexibility index (Phi) is 12.3. The average molecular weight is 352 g/mol. The molecule has 24 heavy (non-hydrogen) atoms. The van der Waals surface area contributed by atoms with Crippen LogP contribution in [0.25, 0.3) is 0 Å². The van der Waals surface area contributed by atoms with Gasteiger partial charge in [-0.05, 0) is 18.6 Å². The number of alkyl halides is 1. The zero-order valence-electron chi connectivity index (χ0n) is 15.0. The van der Waals surface area contributed by atoms with Gasteiger partial charge in [-0.1, -0.05) is 89.3 Å². The molecule has 0 heterocycles. The Bertz CT molecular complexity index is 425. The molecule has 3 nitrogen and oxygen atoms in total. The molecule has 1 unspecified atom stereocenters. The summed E-state index contributed by atoms with van der Waals surface area (Å²) in [6.07, 6.45) is 13.6. The van der Waals surface area contributed by atoms with Crippen LogP contribution < -0.4 is 10.9 Å². The van der Waals surface area contributed by atoms with Crippen LogP contribution in [0, 0.1) is 0 Å². The quantitative estimate of drug-likeness (QED) is 0.254. The molecule has 135 valence electrons. The number of carbonyl (C=O) groups excluding carboxylic acids is 1. The molecule has 0 aromatic heterocycles. The van der Waals surface area contributed by atoms with Crippen molar-refractivity contribution in [3.05, 3.63) is 30.3 Å². The summed E-state index contributed by atoms with van der Waals surface area (Å²) in [4.78, 5) is 11.9. The van der Waals surface area contributed by atoms with E-state index in [4.69, 9.17) is 11.6 Å². The summed E-state index contributed by atoms with van der Waals surface area (Å²) in [6, 6.07) is 9.36. The van der Waals surface area contributed by atoms with Crippen molar-refractivity contribution in [3.8, 4) is 0 Å². The molecule has 0 aliphatic heterocycles. The summed E-state index contributed by atoms with van der Waals surface area (Å²) in [5, 5.41) is -0.494. The second kappa shape index (κ2) is 14.2. The Morgan fingerprint density at radius 1 is 0.958 bits per heavy atom.